The van der Waals surface area contributed by atoms with Crippen LogP contribution in [-0.2, 0) is 19.0 Å². The monoisotopic (exact) mass is 660 g/mol. The summed E-state index contributed by atoms with van der Waals surface area (Å²) in [7, 11) is 1.24. The summed E-state index contributed by atoms with van der Waals surface area (Å²) in [6, 6.07) is 6.52. The Balaban J connectivity index is 1.89. The van der Waals surface area contributed by atoms with Crippen molar-refractivity contribution in [2.75, 3.05) is 49.7 Å². The van der Waals surface area contributed by atoms with E-state index >= 15 is 0 Å². The summed E-state index contributed by atoms with van der Waals surface area (Å²) in [4.78, 5) is 43.7. The lowest BCUT2D eigenvalue weighted by Gasteiger charge is -2.36. The molecule has 1 saturated heterocycles. The van der Waals surface area contributed by atoms with Gasteiger partial charge in [-0.25, -0.2) is 19.3 Å². The number of hydrogen-bond donors (Lipinski definition) is 0. The fourth-order valence-corrected chi connectivity index (χ4v) is 4.79. The molecule has 2 amide bonds. The van der Waals surface area contributed by atoms with E-state index < -0.39 is 34.1 Å². The standard InChI is InChI=1S/C29H39Cl3N4O7/c1-18(2)16-22(25(37)40-7)36(27(39)41-17-29(30,31)32)24-23(19(3)33-43-24)20-8-10-21(11-9-20)34-12-14-35(15-13-34)26(38)42-28(4,5)6/h8-11,18,22H,12-17H2,1-7H3. The Morgan fingerprint density at radius 1 is 1.05 bits per heavy atom. The van der Waals surface area contributed by atoms with Crippen LogP contribution in [-0.4, -0.2) is 83.5 Å². The molecule has 14 heteroatoms. The zero-order valence-corrected chi connectivity index (χ0v) is 27.8. The average molecular weight is 662 g/mol. The number of aromatic nitrogens is 1. The molecule has 1 atom stereocenters. The second kappa shape index (κ2) is 14.3. The summed E-state index contributed by atoms with van der Waals surface area (Å²) in [5, 5.41) is 4.10. The van der Waals surface area contributed by atoms with E-state index in [9.17, 15) is 14.4 Å². The number of ether oxygens (including phenoxy) is 3. The summed E-state index contributed by atoms with van der Waals surface area (Å²) in [6.45, 7) is 12.8. The van der Waals surface area contributed by atoms with E-state index in [0.29, 0.717) is 43.0 Å². The van der Waals surface area contributed by atoms with Crippen LogP contribution >= 0.6 is 34.8 Å². The third-order valence-electron chi connectivity index (χ3n) is 6.55. The van der Waals surface area contributed by atoms with Crippen molar-refractivity contribution in [2.24, 2.45) is 5.92 Å². The molecule has 3 rings (SSSR count). The molecule has 1 aromatic heterocycles. The van der Waals surface area contributed by atoms with Crippen molar-refractivity contribution in [1.82, 2.24) is 10.1 Å². The lowest BCUT2D eigenvalue weighted by Crippen LogP contribution is -2.50. The topological polar surface area (TPSA) is 115 Å². The van der Waals surface area contributed by atoms with Gasteiger partial charge in [-0.3, -0.25) is 0 Å². The second-order valence-corrected chi connectivity index (χ2v) is 14.2. The predicted molar refractivity (Wildman–Crippen MR) is 166 cm³/mol. The molecule has 0 spiro atoms. The molecule has 0 N–H and O–H groups in total. The van der Waals surface area contributed by atoms with Crippen molar-refractivity contribution in [3.8, 4) is 11.1 Å². The molecule has 2 heterocycles. The van der Waals surface area contributed by atoms with E-state index in [4.69, 9.17) is 53.5 Å². The molecule has 0 saturated carbocycles. The maximum atomic E-state index is 13.4. The summed E-state index contributed by atoms with van der Waals surface area (Å²) in [5.74, 6) is -0.669. The van der Waals surface area contributed by atoms with E-state index in [1.54, 1.807) is 11.8 Å². The maximum absolute atomic E-state index is 13.4. The minimum atomic E-state index is -1.87. The number of methoxy groups -OCH3 is 1. The highest BCUT2D eigenvalue weighted by Crippen LogP contribution is 2.38. The molecule has 43 heavy (non-hydrogen) atoms. The number of aryl methyl sites for hydroxylation is 1. The van der Waals surface area contributed by atoms with Gasteiger partial charge < -0.3 is 28.5 Å². The van der Waals surface area contributed by atoms with Gasteiger partial charge in [-0.15, -0.1) is 0 Å². The van der Waals surface area contributed by atoms with Gasteiger partial charge in [-0.1, -0.05) is 65.9 Å². The molecule has 1 aliphatic heterocycles. The Hall–Kier alpha value is -2.89. The van der Waals surface area contributed by atoms with Gasteiger partial charge in [0, 0.05) is 31.9 Å². The summed E-state index contributed by atoms with van der Waals surface area (Å²) in [5.41, 5.74) is 2.07. The zero-order chi connectivity index (χ0) is 32.1. The third kappa shape index (κ3) is 9.55. The Bertz CT molecular complexity index is 1260. The smallest absolute Gasteiger partial charge is 0.417 e. The molecule has 1 aliphatic rings. The molecule has 0 radical (unpaired) electrons. The number of hydrogen-bond acceptors (Lipinski definition) is 9. The number of nitrogens with zero attached hydrogens (tertiary/aromatic N) is 4. The number of amides is 2. The van der Waals surface area contributed by atoms with Gasteiger partial charge >= 0.3 is 18.2 Å². The highest BCUT2D eigenvalue weighted by atomic mass is 35.6. The first-order chi connectivity index (χ1) is 20.0. The quantitative estimate of drug-likeness (QED) is 0.175. The van der Waals surface area contributed by atoms with Crippen molar-refractivity contribution in [3.63, 3.8) is 0 Å². The Labute approximate surface area is 267 Å². The first kappa shape index (κ1) is 34.6. The van der Waals surface area contributed by atoms with E-state index in [1.807, 2.05) is 58.9 Å². The molecule has 238 valence electrons. The van der Waals surface area contributed by atoms with Crippen LogP contribution in [0.2, 0.25) is 0 Å². The molecule has 1 aromatic carbocycles. The van der Waals surface area contributed by atoms with Gasteiger partial charge in [-0.2, -0.15) is 0 Å². The highest BCUT2D eigenvalue weighted by Gasteiger charge is 2.39. The SMILES string of the molecule is COC(=O)C(CC(C)C)N(C(=O)OCC(Cl)(Cl)Cl)c1onc(C)c1-c1ccc(N2CCN(C(=O)OC(C)(C)C)CC2)cc1. The van der Waals surface area contributed by atoms with Crippen LogP contribution in [0.5, 0.6) is 0 Å². The van der Waals surface area contributed by atoms with Crippen molar-refractivity contribution in [3.05, 3.63) is 30.0 Å². The van der Waals surface area contributed by atoms with Crippen molar-refractivity contribution in [1.29, 1.82) is 0 Å². The van der Waals surface area contributed by atoms with Gasteiger partial charge in [-0.05, 0) is 57.7 Å². The van der Waals surface area contributed by atoms with Crippen LogP contribution < -0.4 is 9.80 Å². The lowest BCUT2D eigenvalue weighted by atomic mass is 10.0. The number of piperazine rings is 1. The Kier molecular flexibility index (Phi) is 11.5. The predicted octanol–water partition coefficient (Wildman–Crippen LogP) is 6.61. The fourth-order valence-electron chi connectivity index (χ4n) is 4.62. The number of carbonyl (C=O) groups excluding carboxylic acids is 3. The zero-order valence-electron chi connectivity index (χ0n) is 25.5. The number of alkyl halides is 3. The molecule has 1 unspecified atom stereocenters. The van der Waals surface area contributed by atoms with Crippen LogP contribution in [0.1, 0.15) is 46.7 Å². The van der Waals surface area contributed by atoms with E-state index in [2.05, 4.69) is 10.1 Å². The Morgan fingerprint density at radius 2 is 1.65 bits per heavy atom. The van der Waals surface area contributed by atoms with Crippen molar-refractivity contribution < 1.29 is 33.1 Å². The van der Waals surface area contributed by atoms with Gasteiger partial charge in [0.2, 0.25) is 9.68 Å². The number of benzene rings is 1. The van der Waals surface area contributed by atoms with Crippen LogP contribution in [0.4, 0.5) is 21.2 Å². The van der Waals surface area contributed by atoms with Gasteiger partial charge in [0.05, 0.1) is 18.4 Å². The maximum Gasteiger partial charge on any atom is 0.417 e. The average Bonchev–Trinajstić information content (AvgIpc) is 3.30. The summed E-state index contributed by atoms with van der Waals surface area (Å²) in [6.07, 6.45) is -1.04. The molecular formula is C29H39Cl3N4O7. The van der Waals surface area contributed by atoms with E-state index in [-0.39, 0.29) is 24.3 Å². The number of anilines is 2. The number of esters is 1. The number of carbonyl (C=O) groups is 3. The van der Waals surface area contributed by atoms with Crippen LogP contribution in [0.3, 0.4) is 0 Å². The lowest BCUT2D eigenvalue weighted by molar-refractivity contribution is -0.142. The number of halogens is 3. The minimum absolute atomic E-state index is 0.00147. The van der Waals surface area contributed by atoms with Crippen LogP contribution in [0.25, 0.3) is 11.1 Å². The third-order valence-corrected chi connectivity index (χ3v) is 6.88. The van der Waals surface area contributed by atoms with Crippen molar-refractivity contribution >= 4 is 64.5 Å². The highest BCUT2D eigenvalue weighted by molar-refractivity contribution is 6.67. The van der Waals surface area contributed by atoms with Gasteiger partial charge in [0.1, 0.15) is 18.2 Å². The fraction of sp³-hybridized carbons (Fsp3) is 0.586. The molecular weight excluding hydrogens is 623 g/mol. The van der Waals surface area contributed by atoms with E-state index in [1.165, 1.54) is 7.11 Å². The molecule has 0 bridgehead atoms. The molecule has 11 nitrogen and oxygen atoms in total. The van der Waals surface area contributed by atoms with Gasteiger partial charge in [0.15, 0.2) is 0 Å². The molecule has 2 aromatic rings. The second-order valence-electron chi connectivity index (χ2n) is 11.7. The Morgan fingerprint density at radius 3 is 2.16 bits per heavy atom. The first-order valence-electron chi connectivity index (χ1n) is 13.9. The summed E-state index contributed by atoms with van der Waals surface area (Å²) < 4.78 is 19.6. The van der Waals surface area contributed by atoms with E-state index in [0.717, 1.165) is 10.6 Å². The van der Waals surface area contributed by atoms with Crippen molar-refractivity contribution in [2.45, 2.75) is 63.4 Å². The molecule has 1 fully saturated rings. The minimum Gasteiger partial charge on any atom is -0.467 e. The largest absolute Gasteiger partial charge is 0.467 e. The van der Waals surface area contributed by atoms with Crippen LogP contribution in [0.15, 0.2) is 28.8 Å². The molecule has 0 aliphatic carbocycles. The number of rotatable bonds is 8. The normalized spacial score (nSPS) is 14.9. The van der Waals surface area contributed by atoms with Gasteiger partial charge in [0.25, 0.3) is 0 Å². The summed E-state index contributed by atoms with van der Waals surface area (Å²) >= 11 is 17.5. The first-order valence-corrected chi connectivity index (χ1v) is 15.0. The van der Waals surface area contributed by atoms with Crippen LogP contribution in [0, 0.1) is 12.8 Å².